The Morgan fingerprint density at radius 1 is 1.13 bits per heavy atom. The lowest BCUT2D eigenvalue weighted by Gasteiger charge is -2.28. The topological polar surface area (TPSA) is 92.8 Å². The minimum Gasteiger partial charge on any atom is -0.454 e. The van der Waals surface area contributed by atoms with Crippen LogP contribution in [0.15, 0.2) is 18.2 Å². The van der Waals surface area contributed by atoms with Crippen molar-refractivity contribution in [3.8, 4) is 0 Å². The van der Waals surface area contributed by atoms with Crippen molar-refractivity contribution in [2.24, 2.45) is 23.7 Å². The maximum absolute atomic E-state index is 12.7. The summed E-state index contributed by atoms with van der Waals surface area (Å²) in [5, 5.41) is 2.33. The lowest BCUT2D eigenvalue weighted by atomic mass is 9.80. The lowest BCUT2D eigenvalue weighted by Crippen LogP contribution is -2.38. The van der Waals surface area contributed by atoms with E-state index < -0.39 is 48.7 Å². The summed E-state index contributed by atoms with van der Waals surface area (Å²) in [7, 11) is 0. The molecule has 0 spiro atoms. The quantitative estimate of drug-likeness (QED) is 0.403. The van der Waals surface area contributed by atoms with Crippen LogP contribution in [0.4, 0.5) is 5.69 Å². The Balaban J connectivity index is 1.31. The van der Waals surface area contributed by atoms with Gasteiger partial charge in [-0.3, -0.25) is 24.1 Å². The highest BCUT2D eigenvalue weighted by atomic mass is 35.5. The SMILES string of the molecule is Cc1ccc(NC(=O)COC(=O)CN2C(=O)[C@@H]3[C@H]4C[C@@H]([C@H](Cl)[C@H]4Cl)[C@H]3C2=O)cc1Cl. The van der Waals surface area contributed by atoms with E-state index in [-0.39, 0.29) is 22.6 Å². The third-order valence-corrected chi connectivity index (χ3v) is 7.91. The number of hydrogen-bond acceptors (Lipinski definition) is 5. The molecule has 3 aliphatic rings. The summed E-state index contributed by atoms with van der Waals surface area (Å²) in [6.07, 6.45) is 0.649. The van der Waals surface area contributed by atoms with Crippen molar-refractivity contribution in [3.05, 3.63) is 28.8 Å². The average Bonchev–Trinajstić information content (AvgIpc) is 3.30. The highest BCUT2D eigenvalue weighted by molar-refractivity contribution is 6.32. The Morgan fingerprint density at radius 2 is 1.73 bits per heavy atom. The number of fused-ring (bicyclic) bond motifs is 5. The Morgan fingerprint density at radius 3 is 2.30 bits per heavy atom. The number of aryl methyl sites for hydroxylation is 1. The van der Waals surface area contributed by atoms with Crippen LogP contribution in [0.2, 0.25) is 5.02 Å². The monoisotopic (exact) mass is 472 g/mol. The second kappa shape index (κ2) is 8.02. The number of likely N-dealkylation sites (tertiary alicyclic amines) is 1. The van der Waals surface area contributed by atoms with Gasteiger partial charge in [-0.25, -0.2) is 0 Å². The number of halogens is 3. The predicted octanol–water partition coefficient (Wildman–Crippen LogP) is 2.60. The van der Waals surface area contributed by atoms with Gasteiger partial charge in [0.2, 0.25) is 11.8 Å². The smallest absolute Gasteiger partial charge is 0.326 e. The summed E-state index contributed by atoms with van der Waals surface area (Å²) < 4.78 is 4.94. The molecule has 2 saturated carbocycles. The molecule has 1 heterocycles. The summed E-state index contributed by atoms with van der Waals surface area (Å²) in [5.74, 6) is -3.60. The van der Waals surface area contributed by atoms with E-state index in [2.05, 4.69) is 5.32 Å². The van der Waals surface area contributed by atoms with Gasteiger partial charge in [-0.15, -0.1) is 23.2 Å². The Hall–Kier alpha value is -1.83. The molecule has 2 bridgehead atoms. The van der Waals surface area contributed by atoms with Crippen LogP contribution in [0.25, 0.3) is 0 Å². The van der Waals surface area contributed by atoms with Crippen LogP contribution < -0.4 is 5.32 Å². The van der Waals surface area contributed by atoms with Gasteiger partial charge in [-0.1, -0.05) is 17.7 Å². The first-order chi connectivity index (χ1) is 14.2. The van der Waals surface area contributed by atoms with E-state index in [0.29, 0.717) is 17.1 Å². The first-order valence-electron chi connectivity index (χ1n) is 9.54. The maximum Gasteiger partial charge on any atom is 0.326 e. The zero-order chi connectivity index (χ0) is 21.7. The van der Waals surface area contributed by atoms with E-state index in [0.717, 1.165) is 10.5 Å². The van der Waals surface area contributed by atoms with Crippen molar-refractivity contribution in [3.63, 3.8) is 0 Å². The van der Waals surface area contributed by atoms with Gasteiger partial charge in [0.1, 0.15) is 6.54 Å². The summed E-state index contributed by atoms with van der Waals surface area (Å²) >= 11 is 18.6. The highest BCUT2D eigenvalue weighted by Gasteiger charge is 2.66. The number of amides is 3. The van der Waals surface area contributed by atoms with Gasteiger partial charge in [0.25, 0.3) is 5.91 Å². The molecule has 7 nitrogen and oxygen atoms in total. The molecule has 1 aromatic carbocycles. The molecule has 1 saturated heterocycles. The van der Waals surface area contributed by atoms with Gasteiger partial charge >= 0.3 is 5.97 Å². The van der Waals surface area contributed by atoms with Crippen LogP contribution in [0.1, 0.15) is 12.0 Å². The maximum atomic E-state index is 12.7. The molecule has 6 atom stereocenters. The number of rotatable bonds is 5. The molecule has 3 fully saturated rings. The molecule has 0 aromatic heterocycles. The summed E-state index contributed by atoms with van der Waals surface area (Å²) in [4.78, 5) is 50.5. The number of imide groups is 1. The van der Waals surface area contributed by atoms with E-state index in [1.165, 1.54) is 0 Å². The minimum absolute atomic E-state index is 0.159. The normalized spacial score (nSPS) is 31.8. The van der Waals surface area contributed by atoms with E-state index in [9.17, 15) is 19.2 Å². The molecule has 4 rings (SSSR count). The Kier molecular flexibility index (Phi) is 5.72. The fraction of sp³-hybridized carbons (Fsp3) is 0.500. The van der Waals surface area contributed by atoms with Crippen LogP contribution in [0, 0.1) is 30.6 Å². The minimum atomic E-state index is -0.842. The standard InChI is InChI=1S/C20H19Cl3N2O5/c1-8-2-3-9(4-12(8)21)24-13(26)7-30-14(27)6-25-19(28)15-10-5-11(16(15)20(25)29)18(23)17(10)22/h2-4,10-11,15-18H,5-7H2,1H3,(H,24,26)/t10-,11-,15-,16-,17+,18+/m1/s1. The van der Waals surface area contributed by atoms with E-state index in [1.807, 2.05) is 6.92 Å². The third-order valence-electron chi connectivity index (χ3n) is 6.19. The molecule has 10 heteroatoms. The van der Waals surface area contributed by atoms with Crippen molar-refractivity contribution in [1.29, 1.82) is 0 Å². The molecule has 0 unspecified atom stereocenters. The van der Waals surface area contributed by atoms with Gasteiger partial charge < -0.3 is 10.1 Å². The predicted molar refractivity (Wildman–Crippen MR) is 110 cm³/mol. The Bertz CT molecular complexity index is 907. The summed E-state index contributed by atoms with van der Waals surface area (Å²) in [6.45, 7) is 0.747. The average molecular weight is 474 g/mol. The molecular weight excluding hydrogens is 455 g/mol. The van der Waals surface area contributed by atoms with E-state index in [1.54, 1.807) is 18.2 Å². The summed E-state index contributed by atoms with van der Waals surface area (Å²) in [5.41, 5.74) is 1.33. The number of hydrogen-bond donors (Lipinski definition) is 1. The zero-order valence-corrected chi connectivity index (χ0v) is 18.2. The molecular formula is C20H19Cl3N2O5. The second-order valence-electron chi connectivity index (χ2n) is 7.94. The molecule has 160 valence electrons. The molecule has 3 amide bonds. The van der Waals surface area contributed by atoms with Crippen molar-refractivity contribution in [2.75, 3.05) is 18.5 Å². The fourth-order valence-corrected chi connectivity index (χ4v) is 5.83. The number of ether oxygens (including phenoxy) is 1. The van der Waals surface area contributed by atoms with Crippen LogP contribution >= 0.6 is 34.8 Å². The molecule has 1 aliphatic heterocycles. The van der Waals surface area contributed by atoms with Gasteiger partial charge in [0.05, 0.1) is 22.6 Å². The van der Waals surface area contributed by atoms with Gasteiger partial charge in [0.15, 0.2) is 6.61 Å². The molecule has 1 N–H and O–H groups in total. The first kappa shape index (κ1) is 21.4. The van der Waals surface area contributed by atoms with Gasteiger partial charge in [-0.05, 0) is 42.9 Å². The fourth-order valence-electron chi connectivity index (χ4n) is 4.75. The molecule has 2 aliphatic carbocycles. The molecule has 30 heavy (non-hydrogen) atoms. The number of nitrogens with zero attached hydrogens (tertiary/aromatic N) is 1. The van der Waals surface area contributed by atoms with Crippen LogP contribution in [-0.2, 0) is 23.9 Å². The summed E-state index contributed by atoms with van der Waals surface area (Å²) in [6, 6.07) is 5.00. The van der Waals surface area contributed by atoms with Crippen molar-refractivity contribution in [2.45, 2.75) is 24.1 Å². The zero-order valence-electron chi connectivity index (χ0n) is 15.9. The second-order valence-corrected chi connectivity index (χ2v) is 9.35. The number of nitrogens with one attached hydrogen (secondary N) is 1. The molecule has 0 radical (unpaired) electrons. The van der Waals surface area contributed by atoms with Crippen molar-refractivity contribution >= 4 is 64.2 Å². The number of carbonyl (C=O) groups is 4. The molecule has 1 aromatic rings. The van der Waals surface area contributed by atoms with E-state index >= 15 is 0 Å². The van der Waals surface area contributed by atoms with Crippen LogP contribution in [0.3, 0.4) is 0 Å². The van der Waals surface area contributed by atoms with Gasteiger partial charge in [-0.2, -0.15) is 0 Å². The van der Waals surface area contributed by atoms with E-state index in [4.69, 9.17) is 39.5 Å². The lowest BCUT2D eigenvalue weighted by molar-refractivity contribution is -0.154. The van der Waals surface area contributed by atoms with Crippen molar-refractivity contribution in [1.82, 2.24) is 4.90 Å². The number of alkyl halides is 2. The largest absolute Gasteiger partial charge is 0.454 e. The van der Waals surface area contributed by atoms with Gasteiger partial charge in [0, 0.05) is 10.7 Å². The van der Waals surface area contributed by atoms with Crippen molar-refractivity contribution < 1.29 is 23.9 Å². The first-order valence-corrected chi connectivity index (χ1v) is 10.8. The highest BCUT2D eigenvalue weighted by Crippen LogP contribution is 2.59. The number of benzene rings is 1. The van der Waals surface area contributed by atoms with Crippen LogP contribution in [0.5, 0.6) is 0 Å². The van der Waals surface area contributed by atoms with Crippen LogP contribution in [-0.4, -0.2) is 52.5 Å². The number of esters is 1. The number of anilines is 1. The number of carbonyl (C=O) groups excluding carboxylic acids is 4. The third kappa shape index (κ3) is 3.57. The Labute approximate surface area is 188 Å².